The molecule has 2 rings (SSSR count). The molecule has 0 heterocycles. The fourth-order valence-corrected chi connectivity index (χ4v) is 2.42. The number of carbonyl (C=O) groups excluding carboxylic acids is 1. The van der Waals surface area contributed by atoms with Crippen molar-refractivity contribution in [2.45, 2.75) is 18.3 Å². The second-order valence-corrected chi connectivity index (χ2v) is 5.97. The minimum atomic E-state index is -4.30. The molecule has 104 valence electrons. The van der Waals surface area contributed by atoms with Gasteiger partial charge >= 0.3 is 11.8 Å². The third kappa shape index (κ3) is 2.52. The number of anilines is 1. The molecule has 0 spiro atoms. The Balaban J connectivity index is 2.13. The van der Waals surface area contributed by atoms with Crippen LogP contribution in [0.25, 0.3) is 0 Å². The highest BCUT2D eigenvalue weighted by molar-refractivity contribution is 9.11. The number of hydrogen-bond acceptors (Lipinski definition) is 1. The van der Waals surface area contributed by atoms with E-state index in [1.807, 2.05) is 0 Å². The predicted octanol–water partition coefficient (Wildman–Crippen LogP) is 4.44. The molecule has 1 aliphatic rings. The van der Waals surface area contributed by atoms with Crippen molar-refractivity contribution in [3.63, 3.8) is 0 Å². The molecule has 1 aliphatic carbocycles. The van der Waals surface area contributed by atoms with E-state index in [0.717, 1.165) is 0 Å². The SMILES string of the molecule is O=C(Nc1cc(Br)ccc1Br)[C@H]1CC(F)(F)C1(F)F. The summed E-state index contributed by atoms with van der Waals surface area (Å²) in [5, 5.41) is 2.22. The Kier molecular flexibility index (Phi) is 3.68. The van der Waals surface area contributed by atoms with E-state index in [-0.39, 0.29) is 5.69 Å². The van der Waals surface area contributed by atoms with Gasteiger partial charge in [0.1, 0.15) is 5.92 Å². The Bertz CT molecular complexity index is 535. The predicted molar refractivity (Wildman–Crippen MR) is 68.5 cm³/mol. The Morgan fingerprint density at radius 2 is 1.89 bits per heavy atom. The Morgan fingerprint density at radius 3 is 2.42 bits per heavy atom. The van der Waals surface area contributed by atoms with Crippen LogP contribution in [0.5, 0.6) is 0 Å². The molecule has 0 aromatic heterocycles. The van der Waals surface area contributed by atoms with Gasteiger partial charge in [-0.15, -0.1) is 0 Å². The molecule has 0 saturated heterocycles. The van der Waals surface area contributed by atoms with Crippen LogP contribution in [0.4, 0.5) is 23.2 Å². The van der Waals surface area contributed by atoms with Crippen LogP contribution < -0.4 is 5.32 Å². The normalized spacial score (nSPS) is 23.6. The zero-order chi connectivity index (χ0) is 14.4. The maximum Gasteiger partial charge on any atom is 0.321 e. The first-order chi connectivity index (χ1) is 8.65. The van der Waals surface area contributed by atoms with Gasteiger partial charge in [-0.2, -0.15) is 17.6 Å². The molecular weight excluding hydrogens is 398 g/mol. The van der Waals surface area contributed by atoms with E-state index in [4.69, 9.17) is 0 Å². The monoisotopic (exact) mass is 403 g/mol. The second-order valence-electron chi connectivity index (χ2n) is 4.20. The molecule has 0 bridgehead atoms. The first-order valence-corrected chi connectivity index (χ1v) is 6.75. The summed E-state index contributed by atoms with van der Waals surface area (Å²) in [5.41, 5.74) is 0.241. The average Bonchev–Trinajstić information content (AvgIpc) is 2.30. The lowest BCUT2D eigenvalue weighted by molar-refractivity contribution is -0.303. The number of amides is 1. The molecule has 1 aromatic rings. The molecule has 8 heteroatoms. The van der Waals surface area contributed by atoms with Crippen LogP contribution in [0.1, 0.15) is 6.42 Å². The van der Waals surface area contributed by atoms with Gasteiger partial charge in [-0.1, -0.05) is 15.9 Å². The number of nitrogens with one attached hydrogen (secondary N) is 1. The molecule has 1 saturated carbocycles. The van der Waals surface area contributed by atoms with Gasteiger partial charge in [-0.25, -0.2) is 0 Å². The van der Waals surface area contributed by atoms with E-state index in [2.05, 4.69) is 37.2 Å². The van der Waals surface area contributed by atoms with Gasteiger partial charge in [0, 0.05) is 15.4 Å². The molecule has 2 nitrogen and oxygen atoms in total. The van der Waals surface area contributed by atoms with Gasteiger partial charge in [-0.05, 0) is 34.1 Å². The summed E-state index contributed by atoms with van der Waals surface area (Å²) in [7, 11) is 0. The average molecular weight is 405 g/mol. The standard InChI is InChI=1S/C11H7Br2F4NO/c12-5-1-2-7(13)8(3-5)18-9(19)6-4-10(14,15)11(6,16)17/h1-3,6H,4H2,(H,18,19)/t6-/m1/s1. The highest BCUT2D eigenvalue weighted by Crippen LogP contribution is 2.55. The molecule has 0 radical (unpaired) electrons. The molecule has 0 aliphatic heterocycles. The summed E-state index contributed by atoms with van der Waals surface area (Å²) >= 11 is 6.28. The minimum absolute atomic E-state index is 0.241. The summed E-state index contributed by atoms with van der Waals surface area (Å²) in [6.07, 6.45) is -1.14. The van der Waals surface area contributed by atoms with Crippen molar-refractivity contribution in [3.8, 4) is 0 Å². The second kappa shape index (κ2) is 4.73. The molecule has 1 fully saturated rings. The van der Waals surface area contributed by atoms with Crippen molar-refractivity contribution < 1.29 is 22.4 Å². The lowest BCUT2D eigenvalue weighted by Crippen LogP contribution is -2.62. The fraction of sp³-hybridized carbons (Fsp3) is 0.364. The maximum atomic E-state index is 13.1. The van der Waals surface area contributed by atoms with Crippen molar-refractivity contribution in [2.75, 3.05) is 5.32 Å². The third-order valence-electron chi connectivity index (χ3n) is 2.89. The molecular formula is C11H7Br2F4NO. The summed E-state index contributed by atoms with van der Waals surface area (Å²) in [6, 6.07) is 4.75. The number of rotatable bonds is 2. The first kappa shape index (κ1) is 14.8. The number of benzene rings is 1. The molecule has 1 aromatic carbocycles. The molecule has 1 N–H and O–H groups in total. The van der Waals surface area contributed by atoms with Crippen LogP contribution in [0, 0.1) is 5.92 Å². The zero-order valence-electron chi connectivity index (χ0n) is 9.19. The number of halogens is 6. The van der Waals surface area contributed by atoms with Gasteiger partial charge in [0.05, 0.1) is 5.69 Å². The number of alkyl halides is 4. The van der Waals surface area contributed by atoms with Crippen LogP contribution in [-0.4, -0.2) is 17.8 Å². The Hall–Kier alpha value is -0.630. The summed E-state index contributed by atoms with van der Waals surface area (Å²) in [4.78, 5) is 11.6. The molecule has 1 atom stereocenters. The van der Waals surface area contributed by atoms with Gasteiger partial charge in [0.15, 0.2) is 0 Å². The van der Waals surface area contributed by atoms with E-state index in [1.54, 1.807) is 12.1 Å². The fourth-order valence-electron chi connectivity index (χ4n) is 1.71. The van der Waals surface area contributed by atoms with Crippen molar-refractivity contribution >= 4 is 43.5 Å². The van der Waals surface area contributed by atoms with Gasteiger partial charge in [0.2, 0.25) is 5.91 Å². The number of hydrogen-bond donors (Lipinski definition) is 1. The van der Waals surface area contributed by atoms with Crippen LogP contribution in [0.2, 0.25) is 0 Å². The molecule has 19 heavy (non-hydrogen) atoms. The van der Waals surface area contributed by atoms with E-state index in [0.29, 0.717) is 8.95 Å². The third-order valence-corrected chi connectivity index (χ3v) is 4.07. The number of carbonyl (C=O) groups is 1. The lowest BCUT2D eigenvalue weighted by Gasteiger charge is -2.42. The molecule has 1 amide bonds. The van der Waals surface area contributed by atoms with Gasteiger partial charge in [0.25, 0.3) is 0 Å². The minimum Gasteiger partial charge on any atom is -0.325 e. The van der Waals surface area contributed by atoms with Crippen molar-refractivity contribution in [3.05, 3.63) is 27.1 Å². The van der Waals surface area contributed by atoms with E-state index < -0.39 is 30.1 Å². The maximum absolute atomic E-state index is 13.1. The van der Waals surface area contributed by atoms with Gasteiger partial charge in [-0.3, -0.25) is 4.79 Å². The quantitative estimate of drug-likeness (QED) is 0.725. The Labute approximate surface area is 122 Å². The Morgan fingerprint density at radius 1 is 1.26 bits per heavy atom. The zero-order valence-corrected chi connectivity index (χ0v) is 12.4. The lowest BCUT2D eigenvalue weighted by atomic mass is 9.76. The van der Waals surface area contributed by atoms with E-state index >= 15 is 0 Å². The van der Waals surface area contributed by atoms with Crippen LogP contribution in [0.15, 0.2) is 27.1 Å². The van der Waals surface area contributed by atoms with Crippen molar-refractivity contribution in [1.29, 1.82) is 0 Å². The van der Waals surface area contributed by atoms with Gasteiger partial charge < -0.3 is 5.32 Å². The summed E-state index contributed by atoms with van der Waals surface area (Å²) < 4.78 is 52.6. The smallest absolute Gasteiger partial charge is 0.321 e. The van der Waals surface area contributed by atoms with E-state index in [9.17, 15) is 22.4 Å². The summed E-state index contributed by atoms with van der Waals surface area (Å²) in [5.74, 6) is -11.5. The highest BCUT2D eigenvalue weighted by Gasteiger charge is 2.74. The highest BCUT2D eigenvalue weighted by atomic mass is 79.9. The van der Waals surface area contributed by atoms with Crippen LogP contribution >= 0.6 is 31.9 Å². The largest absolute Gasteiger partial charge is 0.325 e. The van der Waals surface area contributed by atoms with Crippen LogP contribution in [0.3, 0.4) is 0 Å². The van der Waals surface area contributed by atoms with Crippen molar-refractivity contribution in [1.82, 2.24) is 0 Å². The van der Waals surface area contributed by atoms with Crippen LogP contribution in [-0.2, 0) is 4.79 Å². The van der Waals surface area contributed by atoms with Crippen molar-refractivity contribution in [2.24, 2.45) is 5.92 Å². The summed E-state index contributed by atoms with van der Waals surface area (Å²) in [6.45, 7) is 0. The first-order valence-electron chi connectivity index (χ1n) is 5.17. The van der Waals surface area contributed by atoms with E-state index in [1.165, 1.54) is 6.07 Å². The topological polar surface area (TPSA) is 29.1 Å². The molecule has 0 unspecified atom stereocenters.